The van der Waals surface area contributed by atoms with Gasteiger partial charge in [-0.15, -0.1) is 11.8 Å². The summed E-state index contributed by atoms with van der Waals surface area (Å²) >= 11 is 0. The van der Waals surface area contributed by atoms with Crippen molar-refractivity contribution in [2.24, 2.45) is 0 Å². The van der Waals surface area contributed by atoms with Crippen LogP contribution in [-0.4, -0.2) is 0 Å². The molecule has 1 aliphatic rings. The van der Waals surface area contributed by atoms with Crippen LogP contribution in [0.15, 0.2) is 0 Å². The molecule has 0 aromatic carbocycles. The molecular formula is C22H39. The van der Waals surface area contributed by atoms with E-state index in [9.17, 15) is 0 Å². The first-order valence-electron chi connectivity index (χ1n) is 10.2. The van der Waals surface area contributed by atoms with Crippen molar-refractivity contribution in [3.05, 3.63) is 5.92 Å². The summed E-state index contributed by atoms with van der Waals surface area (Å²) in [6.45, 7) is 2.28. The molecule has 0 N–H and O–H groups in total. The van der Waals surface area contributed by atoms with Gasteiger partial charge in [0.25, 0.3) is 0 Å². The number of rotatable bonds is 14. The Hall–Kier alpha value is -0.440. The smallest absolute Gasteiger partial charge is 0.00886 e. The molecule has 0 aliphatic heterocycles. The molecule has 0 heteroatoms. The Kier molecular flexibility index (Phi) is 13.8. The van der Waals surface area contributed by atoms with Crippen molar-refractivity contribution in [1.82, 2.24) is 0 Å². The highest BCUT2D eigenvalue weighted by molar-refractivity contribution is 4.98. The monoisotopic (exact) mass is 303 g/mol. The summed E-state index contributed by atoms with van der Waals surface area (Å²) < 4.78 is 0. The normalized spacial score (nSPS) is 14.4. The summed E-state index contributed by atoms with van der Waals surface area (Å²) in [5, 5.41) is 0. The zero-order valence-corrected chi connectivity index (χ0v) is 15.2. The highest BCUT2D eigenvalue weighted by Gasteiger charge is 2.16. The first-order valence-corrected chi connectivity index (χ1v) is 10.2. The van der Waals surface area contributed by atoms with Crippen LogP contribution in [-0.2, 0) is 0 Å². The molecule has 1 fully saturated rings. The van der Waals surface area contributed by atoms with Crippen molar-refractivity contribution in [2.45, 2.75) is 122 Å². The number of unbranched alkanes of at least 4 members (excludes halogenated alkanes) is 12. The maximum atomic E-state index is 3.37. The molecule has 0 nitrogen and oxygen atoms in total. The fraction of sp³-hybridized carbons (Fsp3) is 0.864. The van der Waals surface area contributed by atoms with Crippen molar-refractivity contribution >= 4 is 0 Å². The summed E-state index contributed by atoms with van der Waals surface area (Å²) in [5.74, 6) is 8.57. The van der Waals surface area contributed by atoms with Gasteiger partial charge in [-0.2, -0.15) is 0 Å². The van der Waals surface area contributed by atoms with Crippen molar-refractivity contribution < 1.29 is 0 Å². The highest BCUT2D eigenvalue weighted by Crippen LogP contribution is 2.33. The van der Waals surface area contributed by atoms with Gasteiger partial charge < -0.3 is 0 Å². The Morgan fingerprint density at radius 2 is 1.14 bits per heavy atom. The van der Waals surface area contributed by atoms with E-state index in [1.165, 1.54) is 103 Å². The zero-order chi connectivity index (χ0) is 15.7. The molecule has 0 aromatic heterocycles. The highest BCUT2D eigenvalue weighted by atomic mass is 14.2. The lowest BCUT2D eigenvalue weighted by molar-refractivity contribution is 0.479. The largest absolute Gasteiger partial charge is 0.103 e. The van der Waals surface area contributed by atoms with Crippen molar-refractivity contribution in [3.8, 4) is 11.8 Å². The second-order valence-electron chi connectivity index (χ2n) is 7.10. The summed E-state index contributed by atoms with van der Waals surface area (Å²) in [7, 11) is 0. The first kappa shape index (κ1) is 19.6. The van der Waals surface area contributed by atoms with Gasteiger partial charge in [0.05, 0.1) is 0 Å². The molecular weight excluding hydrogens is 264 g/mol. The van der Waals surface area contributed by atoms with E-state index < -0.39 is 0 Å². The lowest BCUT2D eigenvalue weighted by Crippen LogP contribution is -2.07. The third-order valence-electron chi connectivity index (χ3n) is 4.92. The summed E-state index contributed by atoms with van der Waals surface area (Å²) in [6, 6.07) is 0. The topological polar surface area (TPSA) is 0 Å². The van der Waals surface area contributed by atoms with Crippen LogP contribution in [0.25, 0.3) is 0 Å². The maximum absolute atomic E-state index is 3.37. The van der Waals surface area contributed by atoms with E-state index in [-0.39, 0.29) is 0 Å². The molecule has 1 radical (unpaired) electrons. The van der Waals surface area contributed by atoms with Gasteiger partial charge in [-0.25, -0.2) is 0 Å². The van der Waals surface area contributed by atoms with Gasteiger partial charge in [-0.3, -0.25) is 0 Å². The Morgan fingerprint density at radius 1 is 0.636 bits per heavy atom. The molecule has 0 unspecified atom stereocenters. The van der Waals surface area contributed by atoms with Gasteiger partial charge in [0.2, 0.25) is 0 Å². The van der Waals surface area contributed by atoms with Crippen LogP contribution in [0.3, 0.4) is 0 Å². The molecule has 1 saturated carbocycles. The standard InChI is InChI=1S/C22H39/c1-2-3-4-5-6-7-8-9-10-11-12-13-14-15-16-17-19-22-20-18-21-22/h2-8,11-21H2,1H3. The van der Waals surface area contributed by atoms with Crippen LogP contribution < -0.4 is 0 Å². The Labute approximate surface area is 140 Å². The van der Waals surface area contributed by atoms with Gasteiger partial charge in [-0.1, -0.05) is 77.6 Å². The molecule has 0 heterocycles. The Balaban J connectivity index is 1.69. The Bertz CT molecular complexity index is 276. The third-order valence-corrected chi connectivity index (χ3v) is 4.92. The Morgan fingerprint density at radius 3 is 1.64 bits per heavy atom. The fourth-order valence-corrected chi connectivity index (χ4v) is 3.14. The molecule has 0 aromatic rings. The lowest BCUT2D eigenvalue weighted by atomic mass is 9.81. The maximum Gasteiger partial charge on any atom is 0.00886 e. The fourth-order valence-electron chi connectivity index (χ4n) is 3.14. The zero-order valence-electron chi connectivity index (χ0n) is 15.2. The molecule has 22 heavy (non-hydrogen) atoms. The van der Waals surface area contributed by atoms with Crippen molar-refractivity contribution in [1.29, 1.82) is 0 Å². The second kappa shape index (κ2) is 15.5. The molecule has 0 atom stereocenters. The number of hydrogen-bond donors (Lipinski definition) is 0. The van der Waals surface area contributed by atoms with E-state index >= 15 is 0 Å². The average molecular weight is 304 g/mol. The van der Waals surface area contributed by atoms with Gasteiger partial charge in [0.1, 0.15) is 0 Å². The SMILES string of the molecule is CCCCCCCCC#CCCCCCCCC[C]1CCC1. The van der Waals surface area contributed by atoms with Crippen molar-refractivity contribution in [2.75, 3.05) is 0 Å². The van der Waals surface area contributed by atoms with E-state index in [4.69, 9.17) is 0 Å². The van der Waals surface area contributed by atoms with Crippen LogP contribution >= 0.6 is 0 Å². The van der Waals surface area contributed by atoms with Crippen LogP contribution in [0.4, 0.5) is 0 Å². The van der Waals surface area contributed by atoms with E-state index in [0.29, 0.717) is 0 Å². The molecule has 0 amide bonds. The molecule has 1 rings (SSSR count). The van der Waals surface area contributed by atoms with Crippen LogP contribution in [0, 0.1) is 17.8 Å². The van der Waals surface area contributed by atoms with Gasteiger partial charge >= 0.3 is 0 Å². The molecule has 0 saturated heterocycles. The molecule has 1 aliphatic carbocycles. The average Bonchev–Trinajstić information content (AvgIpc) is 2.48. The predicted molar refractivity (Wildman–Crippen MR) is 99.8 cm³/mol. The summed E-state index contributed by atoms with van der Waals surface area (Å²) in [4.78, 5) is 0. The summed E-state index contributed by atoms with van der Waals surface area (Å²) in [5.41, 5.74) is 0. The molecule has 0 spiro atoms. The minimum atomic E-state index is 1.13. The predicted octanol–water partition coefficient (Wildman–Crippen LogP) is 7.62. The van der Waals surface area contributed by atoms with E-state index in [1.54, 1.807) is 0 Å². The van der Waals surface area contributed by atoms with Crippen LogP contribution in [0.1, 0.15) is 122 Å². The molecule has 0 bridgehead atoms. The third kappa shape index (κ3) is 12.1. The minimum Gasteiger partial charge on any atom is -0.103 e. The van der Waals surface area contributed by atoms with E-state index in [1.807, 2.05) is 5.92 Å². The van der Waals surface area contributed by atoms with Crippen LogP contribution in [0.2, 0.25) is 0 Å². The van der Waals surface area contributed by atoms with Gasteiger partial charge in [-0.05, 0) is 38.0 Å². The first-order chi connectivity index (χ1) is 10.9. The minimum absolute atomic E-state index is 1.13. The second-order valence-corrected chi connectivity index (χ2v) is 7.10. The number of hydrogen-bond acceptors (Lipinski definition) is 0. The van der Waals surface area contributed by atoms with E-state index in [2.05, 4.69) is 18.8 Å². The van der Waals surface area contributed by atoms with Gasteiger partial charge in [0, 0.05) is 12.8 Å². The van der Waals surface area contributed by atoms with E-state index in [0.717, 1.165) is 12.8 Å². The molecule has 127 valence electrons. The summed E-state index contributed by atoms with van der Waals surface area (Å²) in [6.07, 6.45) is 24.8. The van der Waals surface area contributed by atoms with Crippen LogP contribution in [0.5, 0.6) is 0 Å². The lowest BCUT2D eigenvalue weighted by Gasteiger charge is -2.24. The quantitative estimate of drug-likeness (QED) is 0.229. The van der Waals surface area contributed by atoms with Gasteiger partial charge in [0.15, 0.2) is 0 Å². The van der Waals surface area contributed by atoms with Crippen molar-refractivity contribution in [3.63, 3.8) is 0 Å².